The first kappa shape index (κ1) is 20.7. The molecule has 5 heteroatoms. The molecule has 1 aliphatic rings. The first-order valence-electron chi connectivity index (χ1n) is 9.61. The Kier molecular flexibility index (Phi) is 7.47. The second-order valence-corrected chi connectivity index (χ2v) is 8.42. The first-order chi connectivity index (χ1) is 12.3. The number of hydrogen-bond donors (Lipinski definition) is 2. The van der Waals surface area contributed by atoms with E-state index in [2.05, 4.69) is 20.8 Å². The van der Waals surface area contributed by atoms with Crippen molar-refractivity contribution in [2.45, 2.75) is 65.1 Å². The predicted molar refractivity (Wildman–Crippen MR) is 102 cm³/mol. The lowest BCUT2D eigenvalue weighted by molar-refractivity contribution is -0.133. The minimum Gasteiger partial charge on any atom is -0.491 e. The van der Waals surface area contributed by atoms with E-state index < -0.39 is 12.2 Å². The summed E-state index contributed by atoms with van der Waals surface area (Å²) in [4.78, 5) is 14.5. The average Bonchev–Trinajstić information content (AvgIpc) is 2.58. The van der Waals surface area contributed by atoms with E-state index >= 15 is 0 Å². The van der Waals surface area contributed by atoms with Crippen LogP contribution in [0.5, 0.6) is 5.75 Å². The summed E-state index contributed by atoms with van der Waals surface area (Å²) in [5.41, 5.74) is 1.03. The highest BCUT2D eigenvalue weighted by atomic mass is 16.5. The summed E-state index contributed by atoms with van der Waals surface area (Å²) in [6.45, 7) is 7.35. The minimum absolute atomic E-state index is 0.0497. The number of amides is 1. The van der Waals surface area contributed by atoms with Gasteiger partial charge in [0.1, 0.15) is 18.5 Å². The van der Waals surface area contributed by atoms with Crippen molar-refractivity contribution < 1.29 is 19.7 Å². The number of aliphatic hydroxyl groups is 2. The molecule has 5 nitrogen and oxygen atoms in total. The lowest BCUT2D eigenvalue weighted by atomic mass is 9.91. The largest absolute Gasteiger partial charge is 0.491 e. The predicted octanol–water partition coefficient (Wildman–Crippen LogP) is 2.78. The molecule has 0 saturated carbocycles. The third-order valence-corrected chi connectivity index (χ3v) is 4.68. The third-order valence-electron chi connectivity index (χ3n) is 4.68. The number of aryl methyl sites for hydroxylation is 1. The van der Waals surface area contributed by atoms with Gasteiger partial charge in [0, 0.05) is 19.5 Å². The van der Waals surface area contributed by atoms with Gasteiger partial charge in [-0.15, -0.1) is 0 Å². The van der Waals surface area contributed by atoms with Crippen LogP contribution in [0.15, 0.2) is 24.3 Å². The molecule has 0 fully saturated rings. The Morgan fingerprint density at radius 1 is 1.15 bits per heavy atom. The zero-order valence-corrected chi connectivity index (χ0v) is 16.3. The van der Waals surface area contributed by atoms with E-state index in [1.807, 2.05) is 29.2 Å². The summed E-state index contributed by atoms with van der Waals surface area (Å²) in [5.74, 6) is 0.879. The van der Waals surface area contributed by atoms with Crippen LogP contribution in [0.25, 0.3) is 0 Å². The van der Waals surface area contributed by atoms with Gasteiger partial charge in [0.15, 0.2) is 0 Å². The molecule has 0 spiro atoms. The SMILES string of the molecule is CC(C)(C)CC(=O)N1CCCCc2ccccc2OC[C@@H](O)[C@@H](O)CC1. The zero-order chi connectivity index (χ0) is 19.2. The molecule has 0 aromatic heterocycles. The van der Waals surface area contributed by atoms with Gasteiger partial charge in [-0.05, 0) is 42.7 Å². The number of nitrogens with zero attached hydrogens (tertiary/aromatic N) is 1. The highest BCUT2D eigenvalue weighted by Crippen LogP contribution is 2.23. The molecule has 1 aromatic carbocycles. The summed E-state index contributed by atoms with van der Waals surface area (Å²) in [6.07, 6.45) is 1.69. The van der Waals surface area contributed by atoms with Crippen molar-refractivity contribution in [3.63, 3.8) is 0 Å². The van der Waals surface area contributed by atoms with Gasteiger partial charge in [0.2, 0.25) is 5.91 Å². The first-order valence-corrected chi connectivity index (χ1v) is 9.61. The molecule has 2 atom stereocenters. The van der Waals surface area contributed by atoms with Crippen LogP contribution in [0, 0.1) is 5.41 Å². The van der Waals surface area contributed by atoms with E-state index in [0.29, 0.717) is 25.9 Å². The highest BCUT2D eigenvalue weighted by molar-refractivity contribution is 5.76. The number of aliphatic hydroxyl groups excluding tert-OH is 2. The Bertz CT molecular complexity index is 582. The van der Waals surface area contributed by atoms with Gasteiger partial charge in [-0.25, -0.2) is 0 Å². The van der Waals surface area contributed by atoms with Crippen molar-refractivity contribution in [2.24, 2.45) is 5.41 Å². The third kappa shape index (κ3) is 6.61. The topological polar surface area (TPSA) is 70.0 Å². The fourth-order valence-electron chi connectivity index (χ4n) is 3.16. The maximum absolute atomic E-state index is 12.6. The van der Waals surface area contributed by atoms with Crippen LogP contribution in [0.4, 0.5) is 0 Å². The van der Waals surface area contributed by atoms with Gasteiger partial charge < -0.3 is 19.8 Å². The maximum Gasteiger partial charge on any atom is 0.223 e. The number of carbonyl (C=O) groups excluding carboxylic acids is 1. The second kappa shape index (κ2) is 9.38. The van der Waals surface area contributed by atoms with E-state index in [-0.39, 0.29) is 17.9 Å². The van der Waals surface area contributed by atoms with Crippen molar-refractivity contribution in [3.8, 4) is 5.75 Å². The summed E-state index contributed by atoms with van der Waals surface area (Å²) < 4.78 is 5.73. The number of carbonyl (C=O) groups is 1. The van der Waals surface area contributed by atoms with Crippen LogP contribution in [0.2, 0.25) is 0 Å². The monoisotopic (exact) mass is 363 g/mol. The number of ether oxygens (including phenoxy) is 1. The molecule has 0 saturated heterocycles. The van der Waals surface area contributed by atoms with E-state index in [9.17, 15) is 15.0 Å². The van der Waals surface area contributed by atoms with Crippen molar-refractivity contribution in [1.29, 1.82) is 0 Å². The summed E-state index contributed by atoms with van der Waals surface area (Å²) in [5, 5.41) is 20.4. The zero-order valence-electron chi connectivity index (χ0n) is 16.3. The summed E-state index contributed by atoms with van der Waals surface area (Å²) >= 11 is 0. The average molecular weight is 363 g/mol. The van der Waals surface area contributed by atoms with Crippen LogP contribution in [-0.2, 0) is 11.2 Å². The van der Waals surface area contributed by atoms with Crippen LogP contribution in [-0.4, -0.2) is 52.9 Å². The lowest BCUT2D eigenvalue weighted by Gasteiger charge is -2.28. The van der Waals surface area contributed by atoms with E-state index in [4.69, 9.17) is 4.74 Å². The smallest absolute Gasteiger partial charge is 0.223 e. The van der Waals surface area contributed by atoms with Crippen molar-refractivity contribution >= 4 is 5.91 Å². The van der Waals surface area contributed by atoms with Gasteiger partial charge in [0.25, 0.3) is 0 Å². The quantitative estimate of drug-likeness (QED) is 0.805. The molecule has 0 bridgehead atoms. The molecule has 1 aromatic rings. The molecular weight excluding hydrogens is 330 g/mol. The molecule has 0 radical (unpaired) electrons. The fourth-order valence-corrected chi connectivity index (χ4v) is 3.16. The molecular formula is C21H33NO4. The van der Waals surface area contributed by atoms with Crippen LogP contribution < -0.4 is 4.74 Å². The van der Waals surface area contributed by atoms with Gasteiger partial charge in [0.05, 0.1) is 6.10 Å². The molecule has 1 amide bonds. The number of para-hydroxylation sites is 1. The Labute approximate surface area is 157 Å². The maximum atomic E-state index is 12.6. The highest BCUT2D eigenvalue weighted by Gasteiger charge is 2.24. The van der Waals surface area contributed by atoms with Gasteiger partial charge >= 0.3 is 0 Å². The number of rotatable bonds is 1. The van der Waals surface area contributed by atoms with Crippen molar-refractivity contribution in [1.82, 2.24) is 4.90 Å². The molecule has 1 aliphatic heterocycles. The number of benzene rings is 1. The standard InChI is InChI=1S/C21H33NO4/c1-21(2,3)14-20(25)22-12-7-6-9-16-8-4-5-10-19(16)26-15-18(24)17(23)11-13-22/h4-5,8,10,17-18,23-24H,6-7,9,11-15H2,1-3H3/t17-,18+/m0/s1. The van der Waals surface area contributed by atoms with E-state index in [0.717, 1.165) is 30.6 Å². The lowest BCUT2D eigenvalue weighted by Crippen LogP contribution is -2.39. The minimum atomic E-state index is -0.969. The van der Waals surface area contributed by atoms with Gasteiger partial charge in [-0.3, -0.25) is 4.79 Å². The van der Waals surface area contributed by atoms with E-state index in [1.54, 1.807) is 0 Å². The number of fused-ring (bicyclic) bond motifs is 1. The van der Waals surface area contributed by atoms with Gasteiger partial charge in [-0.2, -0.15) is 0 Å². The summed E-state index contributed by atoms with van der Waals surface area (Å²) in [6, 6.07) is 7.81. The Hall–Kier alpha value is -1.59. The molecule has 1 heterocycles. The Morgan fingerprint density at radius 3 is 2.62 bits per heavy atom. The Balaban J connectivity index is 2.09. The van der Waals surface area contributed by atoms with E-state index in [1.165, 1.54) is 0 Å². The molecule has 0 aliphatic carbocycles. The van der Waals surface area contributed by atoms with Gasteiger partial charge in [-0.1, -0.05) is 39.0 Å². The van der Waals surface area contributed by atoms with Crippen molar-refractivity contribution in [2.75, 3.05) is 19.7 Å². The normalized spacial score (nSPS) is 23.0. The van der Waals surface area contributed by atoms with Crippen molar-refractivity contribution in [3.05, 3.63) is 29.8 Å². The van der Waals surface area contributed by atoms with Crippen LogP contribution in [0.1, 0.15) is 52.0 Å². The molecule has 0 unspecified atom stereocenters. The molecule has 146 valence electrons. The number of hydrogen-bond acceptors (Lipinski definition) is 4. The second-order valence-electron chi connectivity index (χ2n) is 8.42. The molecule has 26 heavy (non-hydrogen) atoms. The summed E-state index contributed by atoms with van der Waals surface area (Å²) in [7, 11) is 0. The fraction of sp³-hybridized carbons (Fsp3) is 0.667. The van der Waals surface area contributed by atoms with Crippen LogP contribution >= 0.6 is 0 Å². The van der Waals surface area contributed by atoms with Crippen LogP contribution in [0.3, 0.4) is 0 Å². The molecule has 2 N–H and O–H groups in total. The molecule has 2 rings (SSSR count). The Morgan fingerprint density at radius 2 is 1.88 bits per heavy atom.